The monoisotopic (exact) mass is 503 g/mol. The number of benzene rings is 1. The summed E-state index contributed by atoms with van der Waals surface area (Å²) in [5.41, 5.74) is 2.95. The molecule has 1 aromatic carbocycles. The van der Waals surface area contributed by atoms with E-state index in [-0.39, 0.29) is 6.10 Å². The van der Waals surface area contributed by atoms with E-state index < -0.39 is 0 Å². The fraction of sp³-hybridized carbons (Fsp3) is 0.800. The van der Waals surface area contributed by atoms with Crippen LogP contribution in [0.3, 0.4) is 0 Å². The van der Waals surface area contributed by atoms with Gasteiger partial charge >= 0.3 is 0 Å². The number of aliphatic hydroxyl groups excluding tert-OH is 1. The van der Waals surface area contributed by atoms with Crippen LogP contribution in [-0.4, -0.2) is 11.2 Å². The molecule has 0 radical (unpaired) electrons. The summed E-state index contributed by atoms with van der Waals surface area (Å²) >= 11 is 0. The molecule has 2 heteroatoms. The third-order valence-corrected chi connectivity index (χ3v) is 12.7. The van der Waals surface area contributed by atoms with Crippen molar-refractivity contribution in [1.82, 2.24) is 0 Å². The fourth-order valence-electron chi connectivity index (χ4n) is 10.8. The van der Waals surface area contributed by atoms with Crippen LogP contribution < -0.4 is 0 Å². The molecular weight excluding hydrogens is 450 g/mol. The van der Waals surface area contributed by atoms with Crippen molar-refractivity contribution < 1.29 is 5.11 Å². The second kappa shape index (κ2) is 10.7. The predicted molar refractivity (Wildman–Crippen MR) is 153 cm³/mol. The molecule has 1 aromatic rings. The van der Waals surface area contributed by atoms with E-state index in [1.54, 1.807) is 0 Å². The van der Waals surface area contributed by atoms with Crippen LogP contribution in [0.5, 0.6) is 0 Å². The van der Waals surface area contributed by atoms with Crippen LogP contribution in [-0.2, 0) is 6.42 Å². The minimum absolute atomic E-state index is 0.179. The Labute approximate surface area is 227 Å². The molecule has 0 heterocycles. The first-order chi connectivity index (χ1) is 17.7. The molecular formula is C35H53NO. The summed E-state index contributed by atoms with van der Waals surface area (Å²) in [6.07, 6.45) is 15.6. The molecule has 10 atom stereocenters. The van der Waals surface area contributed by atoms with Crippen molar-refractivity contribution in [2.24, 2.45) is 58.2 Å². The Morgan fingerprint density at radius 1 is 0.865 bits per heavy atom. The number of hydrogen-bond donors (Lipinski definition) is 1. The van der Waals surface area contributed by atoms with Gasteiger partial charge < -0.3 is 5.11 Å². The van der Waals surface area contributed by atoms with Crippen molar-refractivity contribution in [3.63, 3.8) is 0 Å². The zero-order valence-corrected chi connectivity index (χ0v) is 24.4. The molecule has 4 fully saturated rings. The van der Waals surface area contributed by atoms with Crippen LogP contribution in [0.15, 0.2) is 24.3 Å². The molecule has 4 unspecified atom stereocenters. The highest BCUT2D eigenvalue weighted by molar-refractivity contribution is 5.32. The predicted octanol–water partition coefficient (Wildman–Crippen LogP) is 8.81. The molecule has 0 saturated heterocycles. The summed E-state index contributed by atoms with van der Waals surface area (Å²) in [7, 11) is 0. The maximum atomic E-state index is 11.2. The van der Waals surface area contributed by atoms with E-state index in [1.165, 1.54) is 69.8 Å². The normalized spacial score (nSPS) is 41.9. The zero-order valence-electron chi connectivity index (χ0n) is 24.4. The number of nitrogens with zero attached hydrogens (tertiary/aromatic N) is 1. The third kappa shape index (κ3) is 4.93. The lowest BCUT2D eigenvalue weighted by Crippen LogP contribution is -2.57. The Bertz CT molecular complexity index is 960. The van der Waals surface area contributed by atoms with Gasteiger partial charge in [-0.05, 0) is 134 Å². The minimum Gasteiger partial charge on any atom is -0.393 e. The second-order valence-corrected chi connectivity index (χ2v) is 14.9. The lowest BCUT2D eigenvalue weighted by Gasteiger charge is -2.63. The molecule has 0 aliphatic heterocycles. The fourth-order valence-corrected chi connectivity index (χ4v) is 10.8. The first kappa shape index (κ1) is 27.2. The van der Waals surface area contributed by atoms with Gasteiger partial charge in [-0.3, -0.25) is 0 Å². The highest BCUT2D eigenvalue weighted by Gasteiger charge is 2.61. The lowest BCUT2D eigenvalue weighted by molar-refractivity contribution is -0.152. The van der Waals surface area contributed by atoms with Crippen molar-refractivity contribution in [2.75, 3.05) is 0 Å². The van der Waals surface area contributed by atoms with E-state index in [9.17, 15) is 10.4 Å². The maximum absolute atomic E-state index is 11.2. The summed E-state index contributed by atoms with van der Waals surface area (Å²) in [5.74, 6) is 6.29. The van der Waals surface area contributed by atoms with E-state index >= 15 is 0 Å². The smallest absolute Gasteiger partial charge is 0.0991 e. The third-order valence-electron chi connectivity index (χ3n) is 12.7. The Morgan fingerprint density at radius 2 is 1.54 bits per heavy atom. The van der Waals surface area contributed by atoms with Gasteiger partial charge in [-0.15, -0.1) is 0 Å². The lowest BCUT2D eigenvalue weighted by atomic mass is 9.42. The molecule has 0 amide bonds. The van der Waals surface area contributed by atoms with Gasteiger partial charge in [0.05, 0.1) is 17.7 Å². The molecule has 4 aliphatic rings. The van der Waals surface area contributed by atoms with E-state index in [1.807, 2.05) is 12.1 Å². The molecule has 0 aromatic heterocycles. The molecule has 2 nitrogen and oxygen atoms in total. The highest BCUT2D eigenvalue weighted by atomic mass is 16.3. The van der Waals surface area contributed by atoms with Gasteiger partial charge in [0, 0.05) is 0 Å². The molecule has 37 heavy (non-hydrogen) atoms. The maximum Gasteiger partial charge on any atom is 0.0991 e. The van der Waals surface area contributed by atoms with E-state index in [0.717, 1.165) is 53.9 Å². The molecule has 1 N–H and O–H groups in total. The molecule has 5 rings (SSSR count). The summed E-state index contributed by atoms with van der Waals surface area (Å²) in [6, 6.07) is 10.4. The molecule has 4 aliphatic carbocycles. The molecule has 0 spiro atoms. The first-order valence-corrected chi connectivity index (χ1v) is 15.8. The minimum atomic E-state index is -0.179. The van der Waals surface area contributed by atoms with Gasteiger partial charge in [-0.2, -0.15) is 5.26 Å². The number of fused-ring (bicyclic) bond motifs is 5. The van der Waals surface area contributed by atoms with Gasteiger partial charge in [0.25, 0.3) is 0 Å². The van der Waals surface area contributed by atoms with Crippen LogP contribution in [0, 0.1) is 69.5 Å². The first-order valence-electron chi connectivity index (χ1n) is 15.8. The second-order valence-electron chi connectivity index (χ2n) is 14.9. The summed E-state index contributed by atoms with van der Waals surface area (Å²) < 4.78 is 0. The number of rotatable bonds is 7. The van der Waals surface area contributed by atoms with Crippen LogP contribution in [0.25, 0.3) is 0 Å². The van der Waals surface area contributed by atoms with Crippen LogP contribution >= 0.6 is 0 Å². The SMILES string of the molecule is CC(C)CCC[C@@H](C)[C@H]1CCC2C3CCC4[C@H](Cc5ccc(C#N)cc5)[C@H](O)CC[C@]4(C)C3CC[C@@]21C. The van der Waals surface area contributed by atoms with Crippen LogP contribution in [0.2, 0.25) is 0 Å². The largest absolute Gasteiger partial charge is 0.393 e. The quantitative estimate of drug-likeness (QED) is 0.404. The van der Waals surface area contributed by atoms with Crippen molar-refractivity contribution in [2.45, 2.75) is 118 Å². The number of hydrogen-bond acceptors (Lipinski definition) is 2. The van der Waals surface area contributed by atoms with Crippen molar-refractivity contribution in [3.8, 4) is 6.07 Å². The Balaban J connectivity index is 1.31. The topological polar surface area (TPSA) is 44.0 Å². The van der Waals surface area contributed by atoms with Crippen LogP contribution in [0.4, 0.5) is 0 Å². The number of nitriles is 1. The summed E-state index contributed by atoms with van der Waals surface area (Å²) in [6.45, 7) is 12.7. The highest BCUT2D eigenvalue weighted by Crippen LogP contribution is 2.69. The molecule has 4 saturated carbocycles. The summed E-state index contributed by atoms with van der Waals surface area (Å²) in [5, 5.41) is 20.4. The van der Waals surface area contributed by atoms with Crippen molar-refractivity contribution >= 4 is 0 Å². The Hall–Kier alpha value is -1.33. The zero-order chi connectivity index (χ0) is 26.4. The van der Waals surface area contributed by atoms with Gasteiger partial charge in [-0.1, -0.05) is 66.0 Å². The Kier molecular flexibility index (Phi) is 7.86. The van der Waals surface area contributed by atoms with Crippen molar-refractivity contribution in [3.05, 3.63) is 35.4 Å². The van der Waals surface area contributed by atoms with Gasteiger partial charge in [-0.25, -0.2) is 0 Å². The standard InChI is InChI=1S/C35H53NO/c1-23(2)7-6-8-24(3)29-15-16-30-27-13-14-31-28(21-25-9-11-26(22-36)12-10-25)33(37)18-20-35(31,5)32(27)17-19-34(29,30)4/h9-12,23-24,27-33,37H,6-8,13-21H2,1-5H3/t24-,27?,28+,29-,30?,31?,32?,33-,34-,35+/m1/s1. The average molecular weight is 504 g/mol. The van der Waals surface area contributed by atoms with E-state index in [4.69, 9.17) is 0 Å². The van der Waals surface area contributed by atoms with Gasteiger partial charge in [0.2, 0.25) is 0 Å². The van der Waals surface area contributed by atoms with Gasteiger partial charge in [0.15, 0.2) is 0 Å². The summed E-state index contributed by atoms with van der Waals surface area (Å²) in [4.78, 5) is 0. The van der Waals surface area contributed by atoms with E-state index in [0.29, 0.717) is 22.7 Å². The molecule has 0 bridgehead atoms. The van der Waals surface area contributed by atoms with E-state index in [2.05, 4.69) is 52.8 Å². The molecule has 204 valence electrons. The van der Waals surface area contributed by atoms with Gasteiger partial charge in [0.1, 0.15) is 0 Å². The van der Waals surface area contributed by atoms with Crippen LogP contribution in [0.1, 0.15) is 116 Å². The van der Waals surface area contributed by atoms with Crippen molar-refractivity contribution in [1.29, 1.82) is 5.26 Å². The Morgan fingerprint density at radius 3 is 2.24 bits per heavy atom. The average Bonchev–Trinajstić information content (AvgIpc) is 3.23. The number of aliphatic hydroxyl groups is 1.